The van der Waals surface area contributed by atoms with E-state index in [4.69, 9.17) is 0 Å². The van der Waals surface area contributed by atoms with Gasteiger partial charge in [0.2, 0.25) is 5.91 Å². The Hall–Kier alpha value is -3.21. The summed E-state index contributed by atoms with van der Waals surface area (Å²) in [7, 11) is 0. The summed E-state index contributed by atoms with van der Waals surface area (Å²) in [5.41, 5.74) is 5.08. The van der Waals surface area contributed by atoms with Crippen molar-refractivity contribution in [2.24, 2.45) is 57.7 Å². The number of aromatic carboxylic acids is 1. The van der Waals surface area contributed by atoms with Crippen LogP contribution in [-0.4, -0.2) is 22.0 Å². The lowest BCUT2D eigenvalue weighted by molar-refractivity contribution is -0.166. The number of nitrogens with one attached hydrogen (secondary N) is 1. The van der Waals surface area contributed by atoms with Crippen LogP contribution in [0.15, 0.2) is 66.9 Å². The average Bonchev–Trinajstić information content (AvgIpc) is 3.45. The fourth-order valence-corrected chi connectivity index (χ4v) is 12.2. The van der Waals surface area contributed by atoms with Gasteiger partial charge in [-0.25, -0.2) is 4.79 Å². The van der Waals surface area contributed by atoms with Crippen LogP contribution in [0.4, 0.5) is 0 Å². The Morgan fingerprint density at radius 2 is 1.65 bits per heavy atom. The number of carbonyl (C=O) groups excluding carboxylic acids is 1. The lowest BCUT2D eigenvalue weighted by Gasteiger charge is -2.65. The molecule has 5 aliphatic carbocycles. The molecule has 0 aliphatic heterocycles. The topological polar surface area (TPSA) is 79.3 Å². The van der Waals surface area contributed by atoms with Crippen LogP contribution in [0.5, 0.6) is 0 Å². The van der Waals surface area contributed by atoms with E-state index < -0.39 is 5.97 Å². The second-order valence-corrected chi connectivity index (χ2v) is 16.4. The normalized spacial score (nSPS) is 37.5. The van der Waals surface area contributed by atoms with E-state index in [2.05, 4.69) is 50.7 Å². The number of nitrogens with zero attached hydrogens (tertiary/aromatic N) is 1. The summed E-state index contributed by atoms with van der Waals surface area (Å²) < 4.78 is 0. The molecule has 1 amide bonds. The number of aromatic nitrogens is 1. The molecule has 1 aromatic carbocycles. The Morgan fingerprint density at radius 1 is 0.913 bits per heavy atom. The molecule has 7 rings (SSSR count). The van der Waals surface area contributed by atoms with Crippen LogP contribution < -0.4 is 5.32 Å². The van der Waals surface area contributed by atoms with E-state index in [9.17, 15) is 14.7 Å². The molecule has 5 heteroatoms. The summed E-state index contributed by atoms with van der Waals surface area (Å²) >= 11 is 0. The third-order valence-electron chi connectivity index (χ3n) is 14.3. The number of allylic oxidation sites excluding steroid dienone is 3. The summed E-state index contributed by atoms with van der Waals surface area (Å²) in [4.78, 5) is 30.2. The molecule has 0 spiro atoms. The van der Waals surface area contributed by atoms with Crippen molar-refractivity contribution in [2.75, 3.05) is 0 Å². The number of fused-ring (bicyclic) bond motifs is 7. The molecule has 2 N–H and O–H groups in total. The van der Waals surface area contributed by atoms with Crippen LogP contribution in [0, 0.1) is 57.7 Å². The number of hydrogen-bond acceptors (Lipinski definition) is 3. The third-order valence-corrected chi connectivity index (χ3v) is 14.3. The molecule has 1 heterocycles. The van der Waals surface area contributed by atoms with Crippen molar-refractivity contribution in [3.05, 3.63) is 83.7 Å². The Morgan fingerprint density at radius 3 is 2.35 bits per heavy atom. The number of amides is 1. The lowest BCUT2D eigenvalue weighted by atomic mass is 9.40. The van der Waals surface area contributed by atoms with Gasteiger partial charge in [-0.15, -0.1) is 0 Å². The van der Waals surface area contributed by atoms with Crippen molar-refractivity contribution < 1.29 is 14.7 Å². The van der Waals surface area contributed by atoms with Crippen molar-refractivity contribution in [1.82, 2.24) is 10.3 Å². The maximum atomic E-state index is 14.3. The van der Waals surface area contributed by atoms with Crippen molar-refractivity contribution in [1.29, 1.82) is 0 Å². The Bertz CT molecular complexity index is 1540. The zero-order chi connectivity index (χ0) is 32.4. The second-order valence-electron chi connectivity index (χ2n) is 16.4. The fourth-order valence-electron chi connectivity index (χ4n) is 12.2. The summed E-state index contributed by atoms with van der Waals surface area (Å²) in [6.07, 6.45) is 14.6. The molecule has 0 bridgehead atoms. The highest BCUT2D eigenvalue weighted by atomic mass is 16.4. The number of benzene rings is 1. The smallest absolute Gasteiger partial charge is 0.335 e. The maximum Gasteiger partial charge on any atom is 0.335 e. The van der Waals surface area contributed by atoms with Gasteiger partial charge in [-0.2, -0.15) is 0 Å². The quantitative estimate of drug-likeness (QED) is 0.316. The van der Waals surface area contributed by atoms with Gasteiger partial charge in [-0.05, 0) is 152 Å². The number of carboxylic acid groups (broad SMARTS) is 1. The van der Waals surface area contributed by atoms with Gasteiger partial charge in [0.15, 0.2) is 0 Å². The molecule has 3 unspecified atom stereocenters. The summed E-state index contributed by atoms with van der Waals surface area (Å²) in [6, 6.07) is 13.4. The molecule has 46 heavy (non-hydrogen) atoms. The molecule has 1 aromatic heterocycles. The molecule has 4 saturated carbocycles. The first-order valence-corrected chi connectivity index (χ1v) is 17.9. The Balaban J connectivity index is 1.15. The van der Waals surface area contributed by atoms with Gasteiger partial charge >= 0.3 is 5.97 Å². The summed E-state index contributed by atoms with van der Waals surface area (Å²) in [6.45, 7) is 14.7. The summed E-state index contributed by atoms with van der Waals surface area (Å²) in [5.74, 6) is 3.46. The minimum Gasteiger partial charge on any atom is -0.478 e. The van der Waals surface area contributed by atoms with Crippen molar-refractivity contribution in [2.45, 2.75) is 92.0 Å². The number of carbonyl (C=O) groups is 2. The van der Waals surface area contributed by atoms with Crippen LogP contribution in [0.1, 0.15) is 107 Å². The van der Waals surface area contributed by atoms with Gasteiger partial charge in [0, 0.05) is 6.20 Å². The predicted molar refractivity (Wildman–Crippen MR) is 183 cm³/mol. The molecule has 2 aromatic rings. The van der Waals surface area contributed by atoms with Gasteiger partial charge in [0.05, 0.1) is 23.2 Å². The van der Waals surface area contributed by atoms with Crippen LogP contribution in [0.25, 0.3) is 5.57 Å². The van der Waals surface area contributed by atoms with Gasteiger partial charge in [0.25, 0.3) is 0 Å². The Kier molecular flexibility index (Phi) is 7.84. The van der Waals surface area contributed by atoms with Crippen LogP contribution in [-0.2, 0) is 11.3 Å². The van der Waals surface area contributed by atoms with E-state index in [0.29, 0.717) is 47.6 Å². The highest BCUT2D eigenvalue weighted by Crippen LogP contribution is 2.71. The third kappa shape index (κ3) is 4.82. The van der Waals surface area contributed by atoms with Gasteiger partial charge < -0.3 is 10.4 Å². The molecule has 244 valence electrons. The number of pyridine rings is 1. The standard InChI is InChI=1S/C41H52N2O3/c1-25(2)29-19-20-41(38(46)43-24-28-8-6-7-23-42-28)22-21-40(5)34-18-17-33-30(31(34)14-16-35(40)36(29)41)13-15-32(39(33,3)4)26-9-11-27(12-10-26)37(44)45/h6-12,15,23,29-31,33-36H,1,13-14,16-22,24H2,2-5H3,(H,43,46)(H,44,45)/t29-,30?,31+,33+,34?,35?,36+,40-,41-/m0/s1. The maximum absolute atomic E-state index is 14.3. The molecule has 9 atom stereocenters. The highest BCUT2D eigenvalue weighted by molar-refractivity contribution is 5.88. The molecule has 5 aliphatic rings. The van der Waals surface area contributed by atoms with Gasteiger partial charge in [-0.1, -0.05) is 57.2 Å². The van der Waals surface area contributed by atoms with E-state index in [0.717, 1.165) is 43.7 Å². The number of rotatable bonds is 6. The largest absolute Gasteiger partial charge is 0.478 e. The minimum atomic E-state index is -0.872. The fraction of sp³-hybridized carbons (Fsp3) is 0.585. The molecular formula is C41H52N2O3. The van der Waals surface area contributed by atoms with E-state index in [1.54, 1.807) is 18.3 Å². The zero-order valence-electron chi connectivity index (χ0n) is 28.2. The molecule has 0 saturated heterocycles. The second kappa shape index (κ2) is 11.5. The lowest BCUT2D eigenvalue weighted by Crippen LogP contribution is -2.60. The average molecular weight is 621 g/mol. The van der Waals surface area contributed by atoms with Crippen molar-refractivity contribution in [3.63, 3.8) is 0 Å². The van der Waals surface area contributed by atoms with Crippen LogP contribution >= 0.6 is 0 Å². The van der Waals surface area contributed by atoms with Crippen molar-refractivity contribution >= 4 is 17.4 Å². The summed E-state index contributed by atoms with van der Waals surface area (Å²) in [5, 5.41) is 12.8. The molecule has 0 radical (unpaired) electrons. The Labute approximate surface area is 275 Å². The number of carboxylic acids is 1. The van der Waals surface area contributed by atoms with Gasteiger partial charge in [0.1, 0.15) is 0 Å². The predicted octanol–water partition coefficient (Wildman–Crippen LogP) is 8.97. The SMILES string of the molecule is C=C(C)[C@@H]1CC[C@]2(C(=O)NCc3ccccn3)CC[C@@]3(C)C4CC[C@@H]5C(CC=C(c6ccc(C(=O)O)cc6)C5(C)C)[C@H]4CCC3[C@@H]12. The van der Waals surface area contributed by atoms with Crippen LogP contribution in [0.3, 0.4) is 0 Å². The zero-order valence-corrected chi connectivity index (χ0v) is 28.2. The first-order chi connectivity index (χ1) is 22.0. The van der Waals surface area contributed by atoms with Crippen molar-refractivity contribution in [3.8, 4) is 0 Å². The monoisotopic (exact) mass is 620 g/mol. The van der Waals surface area contributed by atoms with E-state index in [1.807, 2.05) is 30.3 Å². The van der Waals surface area contributed by atoms with Gasteiger partial charge in [-0.3, -0.25) is 9.78 Å². The molecule has 4 fully saturated rings. The first kappa shape index (κ1) is 31.4. The number of hydrogen-bond donors (Lipinski definition) is 2. The van der Waals surface area contributed by atoms with E-state index >= 15 is 0 Å². The van der Waals surface area contributed by atoms with E-state index in [1.165, 1.54) is 42.4 Å². The van der Waals surface area contributed by atoms with E-state index in [-0.39, 0.29) is 22.2 Å². The van der Waals surface area contributed by atoms with Crippen LogP contribution in [0.2, 0.25) is 0 Å². The first-order valence-electron chi connectivity index (χ1n) is 17.9. The molecule has 5 nitrogen and oxygen atoms in total. The minimum absolute atomic E-state index is 0.0420. The highest BCUT2D eigenvalue weighted by Gasteiger charge is 2.66. The molecular weight excluding hydrogens is 568 g/mol.